The van der Waals surface area contributed by atoms with Crippen molar-refractivity contribution in [3.63, 3.8) is 0 Å². The van der Waals surface area contributed by atoms with E-state index in [2.05, 4.69) is 15.6 Å². The second-order valence-electron chi connectivity index (χ2n) is 5.55. The monoisotopic (exact) mass is 401 g/mol. The fourth-order valence-corrected chi connectivity index (χ4v) is 3.35. The van der Waals surface area contributed by atoms with E-state index in [1.165, 1.54) is 0 Å². The molecule has 0 fully saturated rings. The summed E-state index contributed by atoms with van der Waals surface area (Å²) in [6.45, 7) is 1.71. The first-order chi connectivity index (χ1) is 13.0. The molecule has 0 bridgehead atoms. The van der Waals surface area contributed by atoms with E-state index in [0.717, 1.165) is 11.3 Å². The van der Waals surface area contributed by atoms with Crippen LogP contribution in [0, 0.1) is 6.92 Å². The van der Waals surface area contributed by atoms with Crippen LogP contribution in [0.15, 0.2) is 48.5 Å². The summed E-state index contributed by atoms with van der Waals surface area (Å²) in [5.74, 6) is 0.0164. The summed E-state index contributed by atoms with van der Waals surface area (Å²) in [5, 5.41) is 6.25. The van der Waals surface area contributed by atoms with Crippen LogP contribution in [0.3, 0.4) is 0 Å². The van der Waals surface area contributed by atoms with Crippen molar-refractivity contribution in [2.45, 2.75) is 6.92 Å². The number of para-hydroxylation sites is 1. The van der Waals surface area contributed by atoms with Crippen molar-refractivity contribution in [2.24, 2.45) is 0 Å². The number of rotatable bonds is 5. The number of methoxy groups -OCH3 is 1. The molecular formula is C19H16ClN3O3S. The van der Waals surface area contributed by atoms with E-state index in [9.17, 15) is 9.59 Å². The normalized spacial score (nSPS) is 10.3. The minimum Gasteiger partial charge on any atom is -0.497 e. The van der Waals surface area contributed by atoms with Gasteiger partial charge in [0.15, 0.2) is 5.13 Å². The molecule has 2 N–H and O–H groups in total. The van der Waals surface area contributed by atoms with Crippen LogP contribution >= 0.6 is 22.9 Å². The minimum absolute atomic E-state index is 0.315. The van der Waals surface area contributed by atoms with Crippen LogP contribution in [-0.2, 0) is 0 Å². The Morgan fingerprint density at radius 3 is 2.41 bits per heavy atom. The third-order valence-electron chi connectivity index (χ3n) is 3.70. The average molecular weight is 402 g/mol. The highest BCUT2D eigenvalue weighted by Crippen LogP contribution is 2.26. The third-order valence-corrected chi connectivity index (χ3v) is 5.10. The average Bonchev–Trinajstić information content (AvgIpc) is 3.04. The van der Waals surface area contributed by atoms with Gasteiger partial charge in [-0.1, -0.05) is 35.1 Å². The van der Waals surface area contributed by atoms with Crippen LogP contribution in [-0.4, -0.2) is 23.9 Å². The van der Waals surface area contributed by atoms with Crippen molar-refractivity contribution >= 4 is 45.6 Å². The van der Waals surface area contributed by atoms with Crippen LogP contribution in [0.1, 0.15) is 25.7 Å². The molecule has 0 spiro atoms. The summed E-state index contributed by atoms with van der Waals surface area (Å²) in [6.07, 6.45) is 0. The Morgan fingerprint density at radius 2 is 1.74 bits per heavy atom. The lowest BCUT2D eigenvalue weighted by atomic mass is 10.2. The van der Waals surface area contributed by atoms with Gasteiger partial charge in [0, 0.05) is 5.56 Å². The highest BCUT2D eigenvalue weighted by molar-refractivity contribution is 7.17. The molecule has 8 heteroatoms. The van der Waals surface area contributed by atoms with Crippen molar-refractivity contribution in [1.82, 2.24) is 4.98 Å². The Hall–Kier alpha value is -2.90. The summed E-state index contributed by atoms with van der Waals surface area (Å²) in [5.41, 5.74) is 1.50. The van der Waals surface area contributed by atoms with Crippen molar-refractivity contribution in [3.8, 4) is 5.75 Å². The molecule has 1 heterocycles. The molecule has 3 aromatic rings. The Kier molecular flexibility index (Phi) is 5.73. The van der Waals surface area contributed by atoms with E-state index in [4.69, 9.17) is 16.3 Å². The van der Waals surface area contributed by atoms with Gasteiger partial charge in [0.05, 0.1) is 23.5 Å². The molecule has 2 aromatic carbocycles. The molecule has 0 radical (unpaired) electrons. The predicted molar refractivity (Wildman–Crippen MR) is 107 cm³/mol. The maximum atomic E-state index is 12.5. The Labute approximate surface area is 165 Å². The molecule has 2 amide bonds. The topological polar surface area (TPSA) is 80.3 Å². The molecule has 0 saturated carbocycles. The summed E-state index contributed by atoms with van der Waals surface area (Å²) >= 11 is 7.17. The molecular weight excluding hydrogens is 386 g/mol. The number of carbonyl (C=O) groups excluding carboxylic acids is 2. The number of benzene rings is 2. The van der Waals surface area contributed by atoms with E-state index >= 15 is 0 Å². The van der Waals surface area contributed by atoms with Crippen LogP contribution in [0.5, 0.6) is 5.75 Å². The number of halogens is 1. The molecule has 6 nitrogen and oxygen atoms in total. The number of nitrogens with zero attached hydrogens (tertiary/aromatic N) is 1. The molecule has 0 aliphatic rings. The molecule has 0 aliphatic heterocycles. The summed E-state index contributed by atoms with van der Waals surface area (Å²) in [6, 6.07) is 13.7. The van der Waals surface area contributed by atoms with E-state index in [1.54, 1.807) is 62.6 Å². The van der Waals surface area contributed by atoms with Gasteiger partial charge in [0.2, 0.25) is 0 Å². The number of aromatic nitrogens is 1. The van der Waals surface area contributed by atoms with Gasteiger partial charge in [-0.25, -0.2) is 4.98 Å². The number of hydrogen-bond acceptors (Lipinski definition) is 5. The van der Waals surface area contributed by atoms with Crippen molar-refractivity contribution in [3.05, 3.63) is 69.7 Å². The van der Waals surface area contributed by atoms with Gasteiger partial charge in [-0.05, 0) is 43.3 Å². The predicted octanol–water partition coefficient (Wildman–Crippen LogP) is 4.62. The zero-order chi connectivity index (χ0) is 19.4. The van der Waals surface area contributed by atoms with E-state index in [1.807, 2.05) is 0 Å². The lowest BCUT2D eigenvalue weighted by molar-refractivity contribution is 0.102. The van der Waals surface area contributed by atoms with Crippen molar-refractivity contribution in [2.75, 3.05) is 17.7 Å². The maximum absolute atomic E-state index is 12.5. The molecule has 27 heavy (non-hydrogen) atoms. The number of anilines is 2. The second-order valence-corrected chi connectivity index (χ2v) is 6.96. The van der Waals surface area contributed by atoms with E-state index < -0.39 is 0 Å². The quantitative estimate of drug-likeness (QED) is 0.653. The summed E-state index contributed by atoms with van der Waals surface area (Å²) in [7, 11) is 1.56. The first-order valence-electron chi connectivity index (χ1n) is 7.96. The number of ether oxygens (including phenoxy) is 1. The van der Waals surface area contributed by atoms with E-state index in [-0.39, 0.29) is 11.8 Å². The van der Waals surface area contributed by atoms with Crippen LogP contribution in [0.2, 0.25) is 5.02 Å². The van der Waals surface area contributed by atoms with Crippen molar-refractivity contribution < 1.29 is 14.3 Å². The van der Waals surface area contributed by atoms with Gasteiger partial charge in [-0.15, -0.1) is 0 Å². The lowest BCUT2D eigenvalue weighted by Crippen LogP contribution is -2.11. The second kappa shape index (κ2) is 8.20. The zero-order valence-corrected chi connectivity index (χ0v) is 16.1. The molecule has 0 atom stereocenters. The van der Waals surface area contributed by atoms with Gasteiger partial charge in [0.25, 0.3) is 11.8 Å². The van der Waals surface area contributed by atoms with Crippen molar-refractivity contribution in [1.29, 1.82) is 0 Å². The highest BCUT2D eigenvalue weighted by Gasteiger charge is 2.18. The van der Waals surface area contributed by atoms with Gasteiger partial charge in [-0.2, -0.15) is 0 Å². The molecule has 0 unspecified atom stereocenters. The smallest absolute Gasteiger partial charge is 0.267 e. The Morgan fingerprint density at radius 1 is 1.04 bits per heavy atom. The number of amides is 2. The number of carbonyl (C=O) groups is 2. The Balaban J connectivity index is 1.72. The van der Waals surface area contributed by atoms with Crippen LogP contribution < -0.4 is 15.4 Å². The summed E-state index contributed by atoms with van der Waals surface area (Å²) in [4.78, 5) is 29.5. The van der Waals surface area contributed by atoms with Gasteiger partial charge >= 0.3 is 0 Å². The fraction of sp³-hybridized carbons (Fsp3) is 0.105. The van der Waals surface area contributed by atoms with Crippen LogP contribution in [0.4, 0.5) is 10.8 Å². The van der Waals surface area contributed by atoms with E-state index in [0.29, 0.717) is 37.7 Å². The molecule has 1 aromatic heterocycles. The minimum atomic E-state index is -0.331. The number of aryl methyl sites for hydroxylation is 1. The largest absolute Gasteiger partial charge is 0.497 e. The first-order valence-corrected chi connectivity index (χ1v) is 9.16. The zero-order valence-electron chi connectivity index (χ0n) is 14.6. The van der Waals surface area contributed by atoms with Gasteiger partial charge in [-0.3, -0.25) is 14.9 Å². The standard InChI is InChI=1S/C19H16ClN3O3S/c1-11-16(18(25)22-15-6-4-3-5-14(15)20)27-19(21-11)23-17(24)12-7-9-13(26-2)10-8-12/h3-10H,1-2H3,(H,22,25)(H,21,23,24). The first kappa shape index (κ1) is 18.9. The maximum Gasteiger partial charge on any atom is 0.267 e. The highest BCUT2D eigenvalue weighted by atomic mass is 35.5. The summed E-state index contributed by atoms with van der Waals surface area (Å²) < 4.78 is 5.07. The molecule has 0 aliphatic carbocycles. The number of nitrogens with one attached hydrogen (secondary N) is 2. The van der Waals surface area contributed by atoms with Gasteiger partial charge < -0.3 is 10.1 Å². The van der Waals surface area contributed by atoms with Gasteiger partial charge in [0.1, 0.15) is 10.6 Å². The third kappa shape index (κ3) is 4.45. The number of thiazole rings is 1. The lowest BCUT2D eigenvalue weighted by Gasteiger charge is -2.05. The number of hydrogen-bond donors (Lipinski definition) is 2. The fourth-order valence-electron chi connectivity index (χ4n) is 2.31. The molecule has 0 saturated heterocycles. The molecule has 138 valence electrons. The Bertz CT molecular complexity index is 986. The molecule has 3 rings (SSSR count). The van der Waals surface area contributed by atoms with Crippen LogP contribution in [0.25, 0.3) is 0 Å². The SMILES string of the molecule is COc1ccc(C(=O)Nc2nc(C)c(C(=O)Nc3ccccc3Cl)s2)cc1.